The summed E-state index contributed by atoms with van der Waals surface area (Å²) >= 11 is 1.33. The highest BCUT2D eigenvalue weighted by molar-refractivity contribution is 7.13. The molecule has 0 saturated carbocycles. The van der Waals surface area contributed by atoms with Crippen LogP contribution in [0.15, 0.2) is 76.8 Å². The lowest BCUT2D eigenvalue weighted by Crippen LogP contribution is -2.21. The van der Waals surface area contributed by atoms with Crippen LogP contribution in [0.5, 0.6) is 5.75 Å². The van der Waals surface area contributed by atoms with Crippen LogP contribution in [-0.4, -0.2) is 29.1 Å². The van der Waals surface area contributed by atoms with Gasteiger partial charge in [0.25, 0.3) is 11.8 Å². The second-order valence-corrected chi connectivity index (χ2v) is 7.30. The highest BCUT2D eigenvalue weighted by atomic mass is 32.1. The maximum atomic E-state index is 12.9. The standard InChI is InChI=1S/C22H18N4O3S/c1-15-18(21(28)26(25-15)17-8-3-2-4-9-17)13-16-7-5-6-10-19(16)29-14-20(27)24-22-23-11-12-30-22/h2-13H,14H2,1H3,(H,23,24,27). The Kier molecular flexibility index (Phi) is 5.67. The molecule has 0 spiro atoms. The third-order valence-electron chi connectivity index (χ3n) is 4.32. The van der Waals surface area contributed by atoms with Gasteiger partial charge in [-0.1, -0.05) is 36.4 Å². The lowest BCUT2D eigenvalue weighted by atomic mass is 10.1. The van der Waals surface area contributed by atoms with Crippen molar-refractivity contribution in [3.63, 3.8) is 0 Å². The molecule has 2 aromatic carbocycles. The molecule has 0 fully saturated rings. The topological polar surface area (TPSA) is 83.9 Å². The largest absolute Gasteiger partial charge is 0.483 e. The fourth-order valence-corrected chi connectivity index (χ4v) is 3.44. The second-order valence-electron chi connectivity index (χ2n) is 6.41. The van der Waals surface area contributed by atoms with Gasteiger partial charge < -0.3 is 4.74 Å². The number of hydrogen-bond acceptors (Lipinski definition) is 6. The van der Waals surface area contributed by atoms with Gasteiger partial charge in [0.15, 0.2) is 11.7 Å². The van der Waals surface area contributed by atoms with E-state index in [9.17, 15) is 9.59 Å². The molecule has 2 heterocycles. The summed E-state index contributed by atoms with van der Waals surface area (Å²) in [6.07, 6.45) is 3.35. The number of hydrazone groups is 1. The van der Waals surface area contributed by atoms with E-state index in [1.165, 1.54) is 16.3 Å². The minimum Gasteiger partial charge on any atom is -0.483 e. The van der Waals surface area contributed by atoms with Crippen molar-refractivity contribution in [2.24, 2.45) is 5.10 Å². The normalized spacial score (nSPS) is 14.7. The number of amides is 2. The lowest BCUT2D eigenvalue weighted by molar-refractivity contribution is -0.118. The van der Waals surface area contributed by atoms with Crippen LogP contribution in [0.2, 0.25) is 0 Å². The Morgan fingerprint density at radius 1 is 1.17 bits per heavy atom. The Morgan fingerprint density at radius 2 is 1.93 bits per heavy atom. The average Bonchev–Trinajstić information content (AvgIpc) is 3.37. The first-order chi connectivity index (χ1) is 14.6. The van der Waals surface area contributed by atoms with Crippen LogP contribution in [0.3, 0.4) is 0 Å². The van der Waals surface area contributed by atoms with E-state index < -0.39 is 0 Å². The monoisotopic (exact) mass is 418 g/mol. The van der Waals surface area contributed by atoms with Crippen LogP contribution in [0.1, 0.15) is 12.5 Å². The number of rotatable bonds is 6. The number of hydrogen-bond donors (Lipinski definition) is 1. The van der Waals surface area contributed by atoms with Crippen molar-refractivity contribution in [2.45, 2.75) is 6.92 Å². The van der Waals surface area contributed by atoms with Crippen molar-refractivity contribution >= 4 is 45.8 Å². The van der Waals surface area contributed by atoms with Gasteiger partial charge in [-0.15, -0.1) is 11.3 Å². The summed E-state index contributed by atoms with van der Waals surface area (Å²) in [5.41, 5.74) is 2.48. The molecule has 0 bridgehead atoms. The van der Waals surface area contributed by atoms with Crippen LogP contribution in [0.25, 0.3) is 6.08 Å². The molecule has 0 aliphatic carbocycles. The minimum absolute atomic E-state index is 0.170. The molecule has 4 rings (SSSR count). The van der Waals surface area contributed by atoms with Crippen molar-refractivity contribution in [1.82, 2.24) is 4.98 Å². The zero-order valence-corrected chi connectivity index (χ0v) is 16.9. The number of para-hydroxylation sites is 2. The molecule has 0 atom stereocenters. The molecule has 150 valence electrons. The van der Waals surface area contributed by atoms with Gasteiger partial charge in [0.2, 0.25) is 0 Å². The van der Waals surface area contributed by atoms with E-state index in [1.54, 1.807) is 30.6 Å². The van der Waals surface area contributed by atoms with Gasteiger partial charge >= 0.3 is 0 Å². The van der Waals surface area contributed by atoms with E-state index in [4.69, 9.17) is 4.74 Å². The van der Waals surface area contributed by atoms with Gasteiger partial charge in [0.1, 0.15) is 5.75 Å². The Hall–Kier alpha value is -3.78. The number of carbonyl (C=O) groups excluding carboxylic acids is 2. The van der Waals surface area contributed by atoms with Crippen LogP contribution in [0.4, 0.5) is 10.8 Å². The van der Waals surface area contributed by atoms with Crippen LogP contribution in [-0.2, 0) is 9.59 Å². The van der Waals surface area contributed by atoms with E-state index in [1.807, 2.05) is 48.5 Å². The lowest BCUT2D eigenvalue weighted by Gasteiger charge is -2.11. The van der Waals surface area contributed by atoms with E-state index in [2.05, 4.69) is 15.4 Å². The first kappa shape index (κ1) is 19.5. The maximum absolute atomic E-state index is 12.9. The van der Waals surface area contributed by atoms with Gasteiger partial charge in [-0.05, 0) is 31.2 Å². The number of benzene rings is 2. The zero-order valence-electron chi connectivity index (χ0n) is 16.1. The molecule has 0 unspecified atom stereocenters. The number of ether oxygens (including phenoxy) is 1. The molecule has 0 saturated heterocycles. The summed E-state index contributed by atoms with van der Waals surface area (Å²) in [6, 6.07) is 16.5. The summed E-state index contributed by atoms with van der Waals surface area (Å²) in [5.74, 6) is -0.0228. The predicted octanol–water partition coefficient (Wildman–Crippen LogP) is 3.97. The average molecular weight is 418 g/mol. The third kappa shape index (κ3) is 4.28. The summed E-state index contributed by atoms with van der Waals surface area (Å²) in [5, 5.41) is 10.7. The van der Waals surface area contributed by atoms with E-state index in [0.717, 1.165) is 0 Å². The van der Waals surface area contributed by atoms with E-state index >= 15 is 0 Å². The van der Waals surface area contributed by atoms with Gasteiger partial charge in [-0.2, -0.15) is 10.1 Å². The molecule has 1 aliphatic rings. The molecule has 7 nitrogen and oxygen atoms in total. The van der Waals surface area contributed by atoms with E-state index in [-0.39, 0.29) is 18.4 Å². The molecule has 2 amide bonds. The van der Waals surface area contributed by atoms with Gasteiger partial charge in [-0.3, -0.25) is 14.9 Å². The van der Waals surface area contributed by atoms with Crippen molar-refractivity contribution in [3.05, 3.63) is 77.3 Å². The van der Waals surface area contributed by atoms with Gasteiger partial charge in [0.05, 0.1) is 17.0 Å². The summed E-state index contributed by atoms with van der Waals surface area (Å²) in [7, 11) is 0. The molecule has 1 aromatic heterocycles. The Balaban J connectivity index is 1.51. The van der Waals surface area contributed by atoms with Crippen LogP contribution >= 0.6 is 11.3 Å². The summed E-state index contributed by atoms with van der Waals surface area (Å²) < 4.78 is 5.70. The van der Waals surface area contributed by atoms with Crippen molar-refractivity contribution in [2.75, 3.05) is 16.9 Å². The maximum Gasteiger partial charge on any atom is 0.280 e. The number of carbonyl (C=O) groups is 2. The van der Waals surface area contributed by atoms with Gasteiger partial charge in [0, 0.05) is 17.1 Å². The van der Waals surface area contributed by atoms with Crippen molar-refractivity contribution < 1.29 is 14.3 Å². The van der Waals surface area contributed by atoms with Crippen molar-refractivity contribution in [3.8, 4) is 5.75 Å². The third-order valence-corrected chi connectivity index (χ3v) is 5.01. The number of aromatic nitrogens is 1. The number of nitrogens with one attached hydrogen (secondary N) is 1. The molecule has 0 radical (unpaired) electrons. The van der Waals surface area contributed by atoms with Crippen LogP contribution in [0, 0.1) is 0 Å². The SMILES string of the molecule is CC1=NN(c2ccccc2)C(=O)C1=Cc1ccccc1OCC(=O)Nc1nccs1. The fourth-order valence-electron chi connectivity index (χ4n) is 2.90. The summed E-state index contributed by atoms with van der Waals surface area (Å²) in [6.45, 7) is 1.62. The van der Waals surface area contributed by atoms with Crippen LogP contribution < -0.4 is 15.1 Å². The zero-order chi connectivity index (χ0) is 20.9. The highest BCUT2D eigenvalue weighted by Crippen LogP contribution is 2.27. The fraction of sp³-hybridized carbons (Fsp3) is 0.0909. The number of anilines is 2. The number of nitrogens with zero attached hydrogens (tertiary/aromatic N) is 3. The van der Waals surface area contributed by atoms with Crippen molar-refractivity contribution in [1.29, 1.82) is 0 Å². The molecule has 30 heavy (non-hydrogen) atoms. The quantitative estimate of drug-likeness (QED) is 0.614. The Labute approximate surface area is 177 Å². The predicted molar refractivity (Wildman–Crippen MR) is 118 cm³/mol. The second kappa shape index (κ2) is 8.71. The molecular formula is C22H18N4O3S. The first-order valence-corrected chi connectivity index (χ1v) is 10.1. The number of thiazole rings is 1. The Morgan fingerprint density at radius 3 is 2.70 bits per heavy atom. The van der Waals surface area contributed by atoms with Gasteiger partial charge in [-0.25, -0.2) is 4.98 Å². The smallest absolute Gasteiger partial charge is 0.280 e. The highest BCUT2D eigenvalue weighted by Gasteiger charge is 2.28. The molecular weight excluding hydrogens is 400 g/mol. The Bertz CT molecular complexity index is 1120. The minimum atomic E-state index is -0.308. The molecule has 1 aliphatic heterocycles. The van der Waals surface area contributed by atoms with E-state index in [0.29, 0.717) is 33.4 Å². The molecule has 3 aromatic rings. The molecule has 8 heteroatoms. The first-order valence-electron chi connectivity index (χ1n) is 9.20. The molecule has 1 N–H and O–H groups in total. The summed E-state index contributed by atoms with van der Waals surface area (Å²) in [4.78, 5) is 29.0.